The summed E-state index contributed by atoms with van der Waals surface area (Å²) in [6.07, 6.45) is 0.816. The van der Waals surface area contributed by atoms with Crippen molar-refractivity contribution in [3.05, 3.63) is 11.3 Å². The lowest BCUT2D eigenvalue weighted by molar-refractivity contribution is 0.109. The zero-order valence-corrected chi connectivity index (χ0v) is 7.50. The van der Waals surface area contributed by atoms with E-state index in [4.69, 9.17) is 10.5 Å². The molecule has 70 valence electrons. The summed E-state index contributed by atoms with van der Waals surface area (Å²) in [6, 6.07) is 0. The fourth-order valence-electron chi connectivity index (χ4n) is 1.46. The molecule has 0 atom stereocenters. The van der Waals surface area contributed by atoms with Gasteiger partial charge in [-0.05, 0) is 0 Å². The maximum absolute atomic E-state index is 5.56. The molecule has 13 heavy (non-hydrogen) atoms. The van der Waals surface area contributed by atoms with Crippen LogP contribution >= 0.6 is 0 Å². The number of nitrogens with two attached hydrogens (primary N) is 1. The number of nitrogens with one attached hydrogen (secondary N) is 1. The minimum Gasteiger partial charge on any atom is -0.376 e. The molecule has 0 aromatic carbocycles. The molecular formula is C8H12N4O. The Morgan fingerprint density at radius 1 is 1.46 bits per heavy atom. The first-order chi connectivity index (χ1) is 6.31. The Hall–Kier alpha value is -1.36. The number of anilines is 2. The summed E-state index contributed by atoms with van der Waals surface area (Å²) < 4.78 is 5.32. The Labute approximate surface area is 76.3 Å². The lowest BCUT2D eigenvalue weighted by Gasteiger charge is -2.18. The van der Waals surface area contributed by atoms with E-state index in [2.05, 4.69) is 15.3 Å². The maximum Gasteiger partial charge on any atom is 0.222 e. The maximum atomic E-state index is 5.56. The molecule has 0 bridgehead atoms. The number of hydrogen-bond donors (Lipinski definition) is 2. The lowest BCUT2D eigenvalue weighted by atomic mass is 10.1. The summed E-state index contributed by atoms with van der Waals surface area (Å²) in [5.74, 6) is 1.10. The van der Waals surface area contributed by atoms with Gasteiger partial charge in [0.1, 0.15) is 5.82 Å². The number of fused-ring (bicyclic) bond motifs is 1. The van der Waals surface area contributed by atoms with Gasteiger partial charge in [-0.1, -0.05) is 0 Å². The van der Waals surface area contributed by atoms with Gasteiger partial charge in [0.2, 0.25) is 5.95 Å². The minimum atomic E-state index is 0.324. The molecule has 0 saturated carbocycles. The van der Waals surface area contributed by atoms with Crippen molar-refractivity contribution in [2.45, 2.75) is 13.0 Å². The van der Waals surface area contributed by atoms with E-state index in [0.29, 0.717) is 19.2 Å². The van der Waals surface area contributed by atoms with Crippen LogP contribution in [0, 0.1) is 0 Å². The van der Waals surface area contributed by atoms with Crippen LogP contribution in [0.5, 0.6) is 0 Å². The van der Waals surface area contributed by atoms with Crippen molar-refractivity contribution < 1.29 is 4.74 Å². The van der Waals surface area contributed by atoms with Gasteiger partial charge in [-0.15, -0.1) is 0 Å². The number of nitrogens with zero attached hydrogens (tertiary/aromatic N) is 2. The van der Waals surface area contributed by atoms with Gasteiger partial charge in [0.05, 0.1) is 18.9 Å². The Morgan fingerprint density at radius 3 is 3.08 bits per heavy atom. The molecule has 0 unspecified atom stereocenters. The molecule has 1 aromatic rings. The lowest BCUT2D eigenvalue weighted by Crippen LogP contribution is -2.16. The average Bonchev–Trinajstić information content (AvgIpc) is 2.16. The van der Waals surface area contributed by atoms with Crippen LogP contribution in [0.3, 0.4) is 0 Å². The molecule has 0 fully saturated rings. The predicted octanol–water partition coefficient (Wildman–Crippen LogP) is 0.173. The van der Waals surface area contributed by atoms with Gasteiger partial charge < -0.3 is 15.8 Å². The molecule has 0 amide bonds. The summed E-state index contributed by atoms with van der Waals surface area (Å²) in [5.41, 5.74) is 7.59. The van der Waals surface area contributed by atoms with Crippen LogP contribution in [0.4, 0.5) is 11.8 Å². The SMILES string of the molecule is CNc1nc(N)nc2c1COCC2. The molecule has 1 aromatic heterocycles. The van der Waals surface area contributed by atoms with E-state index in [1.54, 1.807) is 0 Å². The van der Waals surface area contributed by atoms with Crippen molar-refractivity contribution in [3.63, 3.8) is 0 Å². The summed E-state index contributed by atoms with van der Waals surface area (Å²) in [5, 5.41) is 2.98. The van der Waals surface area contributed by atoms with E-state index < -0.39 is 0 Å². The van der Waals surface area contributed by atoms with Crippen molar-refractivity contribution in [2.75, 3.05) is 24.7 Å². The van der Waals surface area contributed by atoms with Crippen molar-refractivity contribution in [1.82, 2.24) is 9.97 Å². The highest BCUT2D eigenvalue weighted by molar-refractivity contribution is 5.49. The van der Waals surface area contributed by atoms with Gasteiger partial charge in [0, 0.05) is 19.0 Å². The van der Waals surface area contributed by atoms with Crippen LogP contribution in [0.2, 0.25) is 0 Å². The fraction of sp³-hybridized carbons (Fsp3) is 0.500. The second-order valence-corrected chi connectivity index (χ2v) is 2.91. The average molecular weight is 180 g/mol. The molecule has 0 radical (unpaired) electrons. The second kappa shape index (κ2) is 3.18. The minimum absolute atomic E-state index is 0.324. The molecule has 0 aliphatic carbocycles. The van der Waals surface area contributed by atoms with Gasteiger partial charge in [-0.25, -0.2) is 4.98 Å². The molecule has 5 nitrogen and oxygen atoms in total. The smallest absolute Gasteiger partial charge is 0.222 e. The highest BCUT2D eigenvalue weighted by Gasteiger charge is 2.16. The van der Waals surface area contributed by atoms with Crippen molar-refractivity contribution in [2.24, 2.45) is 0 Å². The predicted molar refractivity (Wildman–Crippen MR) is 49.4 cm³/mol. The summed E-state index contributed by atoms with van der Waals surface area (Å²) in [4.78, 5) is 8.25. The first-order valence-electron chi connectivity index (χ1n) is 4.22. The van der Waals surface area contributed by atoms with Crippen LogP contribution in [0.1, 0.15) is 11.3 Å². The van der Waals surface area contributed by atoms with E-state index in [1.165, 1.54) is 0 Å². The van der Waals surface area contributed by atoms with E-state index in [9.17, 15) is 0 Å². The number of aromatic nitrogens is 2. The van der Waals surface area contributed by atoms with E-state index in [1.807, 2.05) is 7.05 Å². The van der Waals surface area contributed by atoms with E-state index in [-0.39, 0.29) is 0 Å². The third-order valence-corrected chi connectivity index (χ3v) is 2.08. The molecular weight excluding hydrogens is 168 g/mol. The first kappa shape index (κ1) is 8.25. The van der Waals surface area contributed by atoms with Crippen molar-refractivity contribution >= 4 is 11.8 Å². The third-order valence-electron chi connectivity index (χ3n) is 2.08. The van der Waals surface area contributed by atoms with Gasteiger partial charge >= 0.3 is 0 Å². The largest absolute Gasteiger partial charge is 0.376 e. The molecule has 3 N–H and O–H groups in total. The second-order valence-electron chi connectivity index (χ2n) is 2.91. The van der Waals surface area contributed by atoms with Crippen molar-refractivity contribution in [1.29, 1.82) is 0 Å². The summed E-state index contributed by atoms with van der Waals surface area (Å²) in [6.45, 7) is 1.29. The number of rotatable bonds is 1. The molecule has 2 rings (SSSR count). The van der Waals surface area contributed by atoms with E-state index >= 15 is 0 Å². The Bertz CT molecular complexity index is 309. The number of ether oxygens (including phenoxy) is 1. The van der Waals surface area contributed by atoms with Crippen LogP contribution in [0.15, 0.2) is 0 Å². The monoisotopic (exact) mass is 180 g/mol. The summed E-state index contributed by atoms with van der Waals surface area (Å²) >= 11 is 0. The topological polar surface area (TPSA) is 73.1 Å². The van der Waals surface area contributed by atoms with Crippen LogP contribution in [-0.4, -0.2) is 23.6 Å². The fourth-order valence-corrected chi connectivity index (χ4v) is 1.46. The number of nitrogen functional groups attached to an aromatic ring is 1. The standard InChI is InChI=1S/C8H12N4O/c1-10-7-5-4-13-3-2-6(5)11-8(9)12-7/h2-4H2,1H3,(H3,9,10,11,12). The van der Waals surface area contributed by atoms with Gasteiger partial charge in [-0.2, -0.15) is 4.98 Å². The van der Waals surface area contributed by atoms with Gasteiger partial charge in [0.25, 0.3) is 0 Å². The summed E-state index contributed by atoms with van der Waals surface area (Å²) in [7, 11) is 1.82. The van der Waals surface area contributed by atoms with Gasteiger partial charge in [-0.3, -0.25) is 0 Å². The normalized spacial score (nSPS) is 15.2. The number of hydrogen-bond acceptors (Lipinski definition) is 5. The molecule has 0 saturated heterocycles. The Balaban J connectivity index is 2.50. The molecule has 1 aliphatic rings. The first-order valence-corrected chi connectivity index (χ1v) is 4.22. The Morgan fingerprint density at radius 2 is 2.31 bits per heavy atom. The molecule has 0 spiro atoms. The zero-order chi connectivity index (χ0) is 9.26. The van der Waals surface area contributed by atoms with Crippen LogP contribution in [0.25, 0.3) is 0 Å². The highest BCUT2D eigenvalue weighted by atomic mass is 16.5. The van der Waals surface area contributed by atoms with Gasteiger partial charge in [0.15, 0.2) is 0 Å². The molecule has 5 heteroatoms. The quantitative estimate of drug-likeness (QED) is 0.644. The van der Waals surface area contributed by atoms with Crippen LogP contribution in [-0.2, 0) is 17.8 Å². The van der Waals surface area contributed by atoms with Crippen LogP contribution < -0.4 is 11.1 Å². The zero-order valence-electron chi connectivity index (χ0n) is 7.50. The molecule has 1 aliphatic heterocycles. The Kier molecular flexibility index (Phi) is 2.02. The third kappa shape index (κ3) is 1.42. The van der Waals surface area contributed by atoms with Crippen molar-refractivity contribution in [3.8, 4) is 0 Å². The molecule has 2 heterocycles. The highest BCUT2D eigenvalue weighted by Crippen LogP contribution is 2.22. The van der Waals surface area contributed by atoms with E-state index in [0.717, 1.165) is 23.5 Å².